The fourth-order valence-corrected chi connectivity index (χ4v) is 3.60. The smallest absolute Gasteiger partial charge is 0.261 e. The highest BCUT2D eigenvalue weighted by molar-refractivity contribution is 6.02. The van der Waals surface area contributed by atoms with E-state index in [1.807, 2.05) is 94.5 Å². The molecule has 0 atom stereocenters. The summed E-state index contributed by atoms with van der Waals surface area (Å²) < 4.78 is 7.40. The van der Waals surface area contributed by atoms with E-state index >= 15 is 0 Å². The van der Waals surface area contributed by atoms with Crippen LogP contribution in [0.15, 0.2) is 85.5 Å². The van der Waals surface area contributed by atoms with Gasteiger partial charge in [0.25, 0.3) is 5.91 Å². The van der Waals surface area contributed by atoms with E-state index in [4.69, 9.17) is 9.84 Å². The number of carbonyl (C=O) groups excluding carboxylic acids is 1. The first kappa shape index (κ1) is 26.4. The summed E-state index contributed by atoms with van der Waals surface area (Å²) in [5.41, 5.74) is 4.77. The lowest BCUT2D eigenvalue weighted by atomic mass is 10.1. The van der Waals surface area contributed by atoms with Crippen LogP contribution in [0.1, 0.15) is 48.0 Å². The Morgan fingerprint density at radius 3 is 2.44 bits per heavy atom. The number of nitrogens with zero attached hydrogens (tertiary/aromatic N) is 3. The van der Waals surface area contributed by atoms with Gasteiger partial charge in [-0.1, -0.05) is 92.8 Å². The summed E-state index contributed by atoms with van der Waals surface area (Å²) in [6.45, 7) is 12.3. The summed E-state index contributed by atoms with van der Waals surface area (Å²) in [6, 6.07) is 17.8. The lowest BCUT2D eigenvalue weighted by Crippen LogP contribution is -2.27. The molecule has 0 aliphatic carbocycles. The first-order valence-electron chi connectivity index (χ1n) is 11.5. The van der Waals surface area contributed by atoms with Crippen LogP contribution < -0.4 is 4.74 Å². The van der Waals surface area contributed by atoms with E-state index in [0.717, 1.165) is 22.4 Å². The quantitative estimate of drug-likeness (QED) is 0.357. The second kappa shape index (κ2) is 13.0. The van der Waals surface area contributed by atoms with Crippen LogP contribution in [0.3, 0.4) is 0 Å². The fourth-order valence-electron chi connectivity index (χ4n) is 3.60. The van der Waals surface area contributed by atoms with Crippen LogP contribution in [0.25, 0.3) is 11.3 Å². The van der Waals surface area contributed by atoms with Crippen LogP contribution >= 0.6 is 0 Å². The average molecular weight is 458 g/mol. The molecule has 0 spiro atoms. The highest BCUT2D eigenvalue weighted by atomic mass is 16.5. The van der Waals surface area contributed by atoms with Crippen molar-refractivity contribution in [1.82, 2.24) is 14.7 Å². The number of allylic oxidation sites excluding steroid dienone is 5. The third-order valence-electron chi connectivity index (χ3n) is 5.02. The highest BCUT2D eigenvalue weighted by Gasteiger charge is 2.29. The van der Waals surface area contributed by atoms with E-state index in [9.17, 15) is 4.79 Å². The molecule has 1 amide bonds. The van der Waals surface area contributed by atoms with Crippen LogP contribution in [0.2, 0.25) is 0 Å². The molecule has 1 heterocycles. The molecule has 3 aromatic rings. The van der Waals surface area contributed by atoms with Crippen molar-refractivity contribution >= 4 is 11.5 Å². The van der Waals surface area contributed by atoms with Crippen molar-refractivity contribution < 1.29 is 9.53 Å². The number of aromatic nitrogens is 2. The Morgan fingerprint density at radius 2 is 1.85 bits per heavy atom. The number of amides is 1. The first-order chi connectivity index (χ1) is 16.5. The van der Waals surface area contributed by atoms with Gasteiger partial charge < -0.3 is 9.64 Å². The van der Waals surface area contributed by atoms with E-state index in [0.29, 0.717) is 23.7 Å². The molecular weight excluding hydrogens is 422 g/mol. The maximum Gasteiger partial charge on any atom is 0.261 e. The van der Waals surface area contributed by atoms with E-state index in [1.54, 1.807) is 29.8 Å². The first-order valence-corrected chi connectivity index (χ1v) is 11.5. The van der Waals surface area contributed by atoms with Crippen molar-refractivity contribution in [2.75, 3.05) is 14.2 Å². The van der Waals surface area contributed by atoms with Gasteiger partial charge in [0.1, 0.15) is 11.3 Å². The van der Waals surface area contributed by atoms with Gasteiger partial charge in [-0.3, -0.25) is 4.79 Å². The minimum Gasteiger partial charge on any atom is -0.480 e. The molecular formula is C29H35N3O2. The van der Waals surface area contributed by atoms with Gasteiger partial charge in [-0.2, -0.15) is 9.78 Å². The molecule has 34 heavy (non-hydrogen) atoms. The molecule has 2 aromatic carbocycles. The summed E-state index contributed by atoms with van der Waals surface area (Å²) in [4.78, 5) is 15.4. The number of carbonyl (C=O) groups is 1. The number of hydrogen-bond donors (Lipinski definition) is 0. The van der Waals surface area contributed by atoms with Crippen molar-refractivity contribution in [2.45, 2.75) is 34.2 Å². The summed E-state index contributed by atoms with van der Waals surface area (Å²) in [6.07, 6.45) is 7.35. The lowest BCUT2D eigenvalue weighted by Gasteiger charge is -2.18. The van der Waals surface area contributed by atoms with E-state index in [2.05, 4.69) is 12.6 Å². The SMILES string of the molecule is C=C/C=C(\C=C/C)c1nn(-c2ccccc2)c(OC)c1C(=O)N(C)Cc1cccc(C)c1.CC. The van der Waals surface area contributed by atoms with Gasteiger partial charge >= 0.3 is 0 Å². The van der Waals surface area contributed by atoms with Crippen molar-refractivity contribution in [3.05, 3.63) is 108 Å². The predicted molar refractivity (Wildman–Crippen MR) is 141 cm³/mol. The third kappa shape index (κ3) is 6.13. The minimum atomic E-state index is -0.167. The summed E-state index contributed by atoms with van der Waals surface area (Å²) in [5.74, 6) is 0.228. The Balaban J connectivity index is 0.00000199. The number of hydrogen-bond acceptors (Lipinski definition) is 3. The molecule has 0 unspecified atom stereocenters. The molecule has 0 saturated carbocycles. The molecule has 0 radical (unpaired) electrons. The van der Waals surface area contributed by atoms with Crippen molar-refractivity contribution in [2.24, 2.45) is 0 Å². The van der Waals surface area contributed by atoms with Crippen LogP contribution in [0, 0.1) is 6.92 Å². The largest absolute Gasteiger partial charge is 0.480 e. The van der Waals surface area contributed by atoms with Gasteiger partial charge in [-0.05, 0) is 31.5 Å². The summed E-state index contributed by atoms with van der Waals surface area (Å²) >= 11 is 0. The molecule has 0 fully saturated rings. The molecule has 0 N–H and O–H groups in total. The van der Waals surface area contributed by atoms with E-state index < -0.39 is 0 Å². The van der Waals surface area contributed by atoms with Crippen LogP contribution in [-0.2, 0) is 6.54 Å². The fraction of sp³-hybridized carbons (Fsp3) is 0.241. The second-order valence-electron chi connectivity index (χ2n) is 7.49. The van der Waals surface area contributed by atoms with Crippen molar-refractivity contribution in [3.8, 4) is 11.6 Å². The van der Waals surface area contributed by atoms with Gasteiger partial charge in [0.15, 0.2) is 0 Å². The third-order valence-corrected chi connectivity index (χ3v) is 5.02. The number of rotatable bonds is 8. The molecule has 0 bridgehead atoms. The molecule has 3 rings (SSSR count). The average Bonchev–Trinajstić information content (AvgIpc) is 3.24. The number of aryl methyl sites for hydroxylation is 1. The summed E-state index contributed by atoms with van der Waals surface area (Å²) in [5, 5.41) is 4.79. The Bertz CT molecular complexity index is 1160. The van der Waals surface area contributed by atoms with E-state index in [-0.39, 0.29) is 5.91 Å². The van der Waals surface area contributed by atoms with Gasteiger partial charge in [0.2, 0.25) is 5.88 Å². The minimum absolute atomic E-state index is 0.167. The van der Waals surface area contributed by atoms with Gasteiger partial charge in [-0.25, -0.2) is 0 Å². The number of para-hydroxylation sites is 1. The maximum absolute atomic E-state index is 13.7. The summed E-state index contributed by atoms with van der Waals surface area (Å²) in [7, 11) is 3.35. The standard InChI is InChI=1S/C27H29N3O2.C2H6/c1-6-12-22(13-7-2)25-24(26(31)29(4)19-21-15-11-14-20(3)18-21)27(32-5)30(28-25)23-16-9-8-10-17-23;1-2/h6-18H,1,19H2,2-5H3;1-2H3/b13-7-,22-12+;. The Morgan fingerprint density at radius 1 is 1.15 bits per heavy atom. The molecule has 0 aliphatic rings. The zero-order valence-electron chi connectivity index (χ0n) is 21.1. The topological polar surface area (TPSA) is 47.4 Å². The van der Waals surface area contributed by atoms with Crippen LogP contribution in [0.5, 0.6) is 5.88 Å². The monoisotopic (exact) mass is 457 g/mol. The second-order valence-corrected chi connectivity index (χ2v) is 7.49. The Labute approximate surface area is 203 Å². The van der Waals surface area contributed by atoms with Crippen molar-refractivity contribution in [1.29, 1.82) is 0 Å². The Hall–Kier alpha value is -3.86. The van der Waals surface area contributed by atoms with Gasteiger partial charge in [0.05, 0.1) is 12.8 Å². The number of ether oxygens (including phenoxy) is 1. The molecule has 1 aromatic heterocycles. The molecule has 178 valence electrons. The zero-order chi connectivity index (χ0) is 25.1. The lowest BCUT2D eigenvalue weighted by molar-refractivity contribution is 0.0781. The predicted octanol–water partition coefficient (Wildman–Crippen LogP) is 6.63. The molecule has 0 aliphatic heterocycles. The highest BCUT2D eigenvalue weighted by Crippen LogP contribution is 2.32. The van der Waals surface area contributed by atoms with Gasteiger partial charge in [-0.15, -0.1) is 0 Å². The molecule has 5 nitrogen and oxygen atoms in total. The molecule has 5 heteroatoms. The number of methoxy groups -OCH3 is 1. The normalized spacial score (nSPS) is 11.1. The zero-order valence-corrected chi connectivity index (χ0v) is 21.1. The van der Waals surface area contributed by atoms with E-state index in [1.165, 1.54) is 0 Å². The maximum atomic E-state index is 13.7. The van der Waals surface area contributed by atoms with Gasteiger partial charge in [0, 0.05) is 19.2 Å². The van der Waals surface area contributed by atoms with Crippen LogP contribution in [0.4, 0.5) is 0 Å². The van der Waals surface area contributed by atoms with Crippen LogP contribution in [-0.4, -0.2) is 34.7 Å². The number of benzene rings is 2. The Kier molecular flexibility index (Phi) is 10.1. The van der Waals surface area contributed by atoms with Crippen molar-refractivity contribution in [3.63, 3.8) is 0 Å². The molecule has 0 saturated heterocycles.